The van der Waals surface area contributed by atoms with Crippen molar-refractivity contribution in [2.75, 3.05) is 10.7 Å². The normalized spacial score (nSPS) is 10.5. The van der Waals surface area contributed by atoms with Gasteiger partial charge in [0.15, 0.2) is 5.76 Å². The third-order valence-electron chi connectivity index (χ3n) is 2.51. The molecule has 0 aromatic carbocycles. The van der Waals surface area contributed by atoms with Crippen molar-refractivity contribution in [1.82, 2.24) is 15.1 Å². The van der Waals surface area contributed by atoms with Gasteiger partial charge in [0.05, 0.1) is 12.2 Å². The predicted molar refractivity (Wildman–Crippen MR) is 72.4 cm³/mol. The summed E-state index contributed by atoms with van der Waals surface area (Å²) in [4.78, 5) is 8.69. The van der Waals surface area contributed by atoms with Crippen LogP contribution in [0.2, 0.25) is 0 Å². The monoisotopic (exact) mass is 262 g/mol. The average Bonchev–Trinajstić information content (AvgIpc) is 2.82. The van der Waals surface area contributed by atoms with Crippen LogP contribution < -0.4 is 16.6 Å². The molecule has 0 spiro atoms. The van der Waals surface area contributed by atoms with Crippen LogP contribution in [-0.2, 0) is 13.0 Å². The first-order valence-corrected chi connectivity index (χ1v) is 6.22. The van der Waals surface area contributed by atoms with Gasteiger partial charge in [0.25, 0.3) is 0 Å². The molecule has 0 aliphatic rings. The molecule has 0 aliphatic carbocycles. The van der Waals surface area contributed by atoms with Crippen LogP contribution in [0, 0.1) is 6.92 Å². The minimum atomic E-state index is 0.521. The van der Waals surface area contributed by atoms with E-state index < -0.39 is 0 Å². The van der Waals surface area contributed by atoms with Crippen LogP contribution in [0.25, 0.3) is 0 Å². The number of rotatable bonds is 6. The van der Waals surface area contributed by atoms with Crippen LogP contribution in [0.5, 0.6) is 0 Å². The topological polar surface area (TPSA) is 102 Å². The zero-order chi connectivity index (χ0) is 13.7. The van der Waals surface area contributed by atoms with Crippen molar-refractivity contribution in [2.24, 2.45) is 5.84 Å². The number of aromatic nitrogens is 3. The van der Waals surface area contributed by atoms with E-state index in [1.807, 2.05) is 13.0 Å². The van der Waals surface area contributed by atoms with Gasteiger partial charge in [-0.2, -0.15) is 0 Å². The van der Waals surface area contributed by atoms with E-state index in [-0.39, 0.29) is 0 Å². The van der Waals surface area contributed by atoms with Crippen molar-refractivity contribution in [3.63, 3.8) is 0 Å². The number of nitrogens with two attached hydrogens (primary N) is 1. The highest BCUT2D eigenvalue weighted by Gasteiger charge is 2.05. The second-order valence-electron chi connectivity index (χ2n) is 4.24. The lowest BCUT2D eigenvalue weighted by atomic mass is 10.3. The van der Waals surface area contributed by atoms with E-state index in [1.54, 1.807) is 6.07 Å². The van der Waals surface area contributed by atoms with E-state index in [1.165, 1.54) is 0 Å². The Bertz CT molecular complexity index is 539. The van der Waals surface area contributed by atoms with E-state index in [2.05, 4.69) is 32.8 Å². The van der Waals surface area contributed by atoms with Crippen LogP contribution in [0.15, 0.2) is 16.7 Å². The molecule has 0 atom stereocenters. The van der Waals surface area contributed by atoms with Crippen LogP contribution in [0.3, 0.4) is 0 Å². The SMILES string of the molecule is CCCc1nc(NN)cc(NCc2cc(C)no2)n1. The molecular formula is C12H18N6O. The van der Waals surface area contributed by atoms with Gasteiger partial charge in [-0.05, 0) is 13.3 Å². The summed E-state index contributed by atoms with van der Waals surface area (Å²) in [5, 5.41) is 7.00. The third kappa shape index (κ3) is 3.65. The van der Waals surface area contributed by atoms with E-state index in [4.69, 9.17) is 10.4 Å². The molecule has 4 N–H and O–H groups in total. The van der Waals surface area contributed by atoms with Gasteiger partial charge >= 0.3 is 0 Å². The average molecular weight is 262 g/mol. The molecule has 0 amide bonds. The Kier molecular flexibility index (Phi) is 4.30. The molecular weight excluding hydrogens is 244 g/mol. The third-order valence-corrected chi connectivity index (χ3v) is 2.51. The Morgan fingerprint density at radius 3 is 2.68 bits per heavy atom. The Morgan fingerprint density at radius 2 is 2.05 bits per heavy atom. The highest BCUT2D eigenvalue weighted by atomic mass is 16.5. The molecule has 7 nitrogen and oxygen atoms in total. The van der Waals surface area contributed by atoms with Gasteiger partial charge < -0.3 is 15.3 Å². The standard InChI is InChI=1S/C12H18N6O/c1-3-4-10-15-11(6-12(16-10)17-13)14-7-9-5-8(2)18-19-9/h5-6H,3-4,7,13H2,1-2H3,(H2,14,15,16,17). The van der Waals surface area contributed by atoms with Crippen LogP contribution >= 0.6 is 0 Å². The maximum atomic E-state index is 5.40. The molecule has 2 rings (SSSR count). The number of nitrogen functional groups attached to an aromatic ring is 1. The number of anilines is 2. The number of hydrazine groups is 1. The Balaban J connectivity index is 2.08. The molecule has 0 aliphatic heterocycles. The molecule has 102 valence electrons. The predicted octanol–water partition coefficient (Wildman–Crippen LogP) is 1.62. The summed E-state index contributed by atoms with van der Waals surface area (Å²) in [5.74, 6) is 8.22. The van der Waals surface area contributed by atoms with E-state index in [0.29, 0.717) is 18.2 Å². The highest BCUT2D eigenvalue weighted by Crippen LogP contribution is 2.13. The van der Waals surface area contributed by atoms with Crippen molar-refractivity contribution in [3.05, 3.63) is 29.4 Å². The summed E-state index contributed by atoms with van der Waals surface area (Å²) in [5.41, 5.74) is 3.40. The summed E-state index contributed by atoms with van der Waals surface area (Å²) in [6, 6.07) is 3.63. The number of aryl methyl sites for hydroxylation is 2. The molecule has 0 bridgehead atoms. The minimum absolute atomic E-state index is 0.521. The van der Waals surface area contributed by atoms with E-state index in [0.717, 1.165) is 30.1 Å². The molecule has 0 saturated heterocycles. The lowest BCUT2D eigenvalue weighted by molar-refractivity contribution is 0.384. The molecule has 7 heteroatoms. The molecule has 19 heavy (non-hydrogen) atoms. The Hall–Kier alpha value is -2.15. The van der Waals surface area contributed by atoms with Gasteiger partial charge in [0.1, 0.15) is 17.5 Å². The summed E-state index contributed by atoms with van der Waals surface area (Å²) >= 11 is 0. The van der Waals surface area contributed by atoms with Crippen molar-refractivity contribution in [3.8, 4) is 0 Å². The largest absolute Gasteiger partial charge is 0.363 e. The number of hydrogen-bond acceptors (Lipinski definition) is 7. The number of nitrogens with one attached hydrogen (secondary N) is 2. The van der Waals surface area contributed by atoms with Crippen molar-refractivity contribution >= 4 is 11.6 Å². The van der Waals surface area contributed by atoms with Crippen molar-refractivity contribution < 1.29 is 4.52 Å². The Morgan fingerprint density at radius 1 is 1.26 bits per heavy atom. The van der Waals surface area contributed by atoms with Crippen LogP contribution in [-0.4, -0.2) is 15.1 Å². The maximum Gasteiger partial charge on any atom is 0.156 e. The smallest absolute Gasteiger partial charge is 0.156 e. The van der Waals surface area contributed by atoms with E-state index in [9.17, 15) is 0 Å². The zero-order valence-electron chi connectivity index (χ0n) is 11.1. The van der Waals surface area contributed by atoms with Gasteiger partial charge in [-0.15, -0.1) is 0 Å². The molecule has 0 unspecified atom stereocenters. The Labute approximate surface area is 111 Å². The van der Waals surface area contributed by atoms with Crippen molar-refractivity contribution in [2.45, 2.75) is 33.2 Å². The van der Waals surface area contributed by atoms with Crippen LogP contribution in [0.4, 0.5) is 11.6 Å². The number of nitrogens with zero attached hydrogens (tertiary/aromatic N) is 3. The first-order valence-electron chi connectivity index (χ1n) is 6.22. The quantitative estimate of drug-likeness (QED) is 0.537. The van der Waals surface area contributed by atoms with Gasteiger partial charge in [0.2, 0.25) is 0 Å². The second-order valence-corrected chi connectivity index (χ2v) is 4.24. The first kappa shape index (κ1) is 13.3. The fourth-order valence-electron chi connectivity index (χ4n) is 1.67. The lowest BCUT2D eigenvalue weighted by Gasteiger charge is -2.08. The first-order chi connectivity index (χ1) is 9.21. The summed E-state index contributed by atoms with van der Waals surface area (Å²) < 4.78 is 5.12. The molecule has 0 fully saturated rings. The molecule has 0 saturated carbocycles. The summed E-state index contributed by atoms with van der Waals surface area (Å²) in [6.45, 7) is 4.48. The van der Waals surface area contributed by atoms with Crippen molar-refractivity contribution in [1.29, 1.82) is 0 Å². The van der Waals surface area contributed by atoms with Crippen LogP contribution in [0.1, 0.15) is 30.6 Å². The van der Waals surface area contributed by atoms with Gasteiger partial charge in [-0.25, -0.2) is 15.8 Å². The molecule has 2 aromatic rings. The maximum absolute atomic E-state index is 5.40. The number of hydrogen-bond donors (Lipinski definition) is 3. The fraction of sp³-hybridized carbons (Fsp3) is 0.417. The lowest BCUT2D eigenvalue weighted by Crippen LogP contribution is -2.12. The highest BCUT2D eigenvalue weighted by molar-refractivity contribution is 5.46. The fourth-order valence-corrected chi connectivity index (χ4v) is 1.67. The molecule has 0 radical (unpaired) electrons. The van der Waals surface area contributed by atoms with Gasteiger partial charge in [-0.3, -0.25) is 0 Å². The van der Waals surface area contributed by atoms with Gasteiger partial charge in [-0.1, -0.05) is 12.1 Å². The summed E-state index contributed by atoms with van der Waals surface area (Å²) in [6.07, 6.45) is 1.79. The molecule has 2 aromatic heterocycles. The van der Waals surface area contributed by atoms with Gasteiger partial charge in [0, 0.05) is 18.6 Å². The second kappa shape index (κ2) is 6.14. The van der Waals surface area contributed by atoms with E-state index >= 15 is 0 Å². The summed E-state index contributed by atoms with van der Waals surface area (Å²) in [7, 11) is 0. The zero-order valence-corrected chi connectivity index (χ0v) is 11.1. The molecule has 2 heterocycles. The minimum Gasteiger partial charge on any atom is -0.363 e.